The van der Waals surface area contributed by atoms with Gasteiger partial charge in [0.25, 0.3) is 5.69 Å². The van der Waals surface area contributed by atoms with Crippen LogP contribution in [0.3, 0.4) is 0 Å². The van der Waals surface area contributed by atoms with Gasteiger partial charge in [-0.2, -0.15) is 5.10 Å². The Kier molecular flexibility index (Phi) is 12.6. The fourth-order valence-corrected chi connectivity index (χ4v) is 6.65. The van der Waals surface area contributed by atoms with Gasteiger partial charge in [0.05, 0.1) is 43.6 Å². The predicted octanol–water partition coefficient (Wildman–Crippen LogP) is 4.90. The molecule has 0 bridgehead atoms. The summed E-state index contributed by atoms with van der Waals surface area (Å²) in [6.45, 7) is 3.73. The number of nitro benzene ring substituents is 1. The molecule has 3 aromatic carbocycles. The number of non-ortho nitro benzene ring substituents is 1. The molecule has 248 valence electrons. The van der Waals surface area contributed by atoms with Crippen molar-refractivity contribution in [1.29, 1.82) is 0 Å². The molecule has 1 aliphatic heterocycles. The second kappa shape index (κ2) is 16.6. The molecule has 4 rings (SSSR count). The van der Waals surface area contributed by atoms with E-state index >= 15 is 0 Å². The van der Waals surface area contributed by atoms with E-state index in [2.05, 4.69) is 66.3 Å². The highest BCUT2D eigenvalue weighted by molar-refractivity contribution is 14.1. The number of benzene rings is 3. The number of rotatable bonds is 14. The Morgan fingerprint density at radius 3 is 2.55 bits per heavy atom. The maximum absolute atomic E-state index is 12.5. The number of aliphatic hydroxyl groups excluding tert-OH is 1. The second-order valence-electron chi connectivity index (χ2n) is 9.94. The number of hydrogen-bond acceptors (Lipinski definition) is 11. The molecule has 3 aromatic rings. The van der Waals surface area contributed by atoms with Crippen LogP contribution >= 0.6 is 45.2 Å². The average molecular weight is 871 g/mol. The summed E-state index contributed by atoms with van der Waals surface area (Å²) < 4.78 is 24.0. The Morgan fingerprint density at radius 1 is 1.13 bits per heavy atom. The lowest BCUT2D eigenvalue weighted by molar-refractivity contribution is -0.384. The normalized spacial score (nSPS) is 15.0. The van der Waals surface area contributed by atoms with E-state index in [0.717, 1.165) is 12.7 Å². The molecule has 1 aliphatic rings. The van der Waals surface area contributed by atoms with Gasteiger partial charge in [0.1, 0.15) is 19.0 Å². The number of carbonyl (C=O) groups excluding carboxylic acids is 2. The van der Waals surface area contributed by atoms with Gasteiger partial charge < -0.3 is 34.7 Å². The third-order valence-electron chi connectivity index (χ3n) is 6.63. The van der Waals surface area contributed by atoms with Crippen molar-refractivity contribution < 1.29 is 38.6 Å². The zero-order valence-electron chi connectivity index (χ0n) is 25.4. The van der Waals surface area contributed by atoms with E-state index in [1.807, 2.05) is 12.1 Å². The fourth-order valence-electron chi connectivity index (χ4n) is 4.53. The maximum atomic E-state index is 12.5. The Morgan fingerprint density at radius 2 is 1.87 bits per heavy atom. The number of carbonyl (C=O) groups is 2. The first-order chi connectivity index (χ1) is 22.5. The summed E-state index contributed by atoms with van der Waals surface area (Å²) in [6, 6.07) is 13.7. The van der Waals surface area contributed by atoms with Crippen molar-refractivity contribution in [3.63, 3.8) is 0 Å². The topological polar surface area (TPSA) is 183 Å². The molecule has 4 N–H and O–H groups in total. The van der Waals surface area contributed by atoms with Crippen LogP contribution in [0.4, 0.5) is 10.5 Å². The minimum Gasteiger partial charge on any atom is -0.490 e. The summed E-state index contributed by atoms with van der Waals surface area (Å²) in [7, 11) is 1.27. The molecular weight excluding hydrogens is 840 g/mol. The molecule has 0 unspecified atom stereocenters. The number of nitro groups is 1. The Bertz CT molecular complexity index is 1690. The maximum Gasteiger partial charge on any atom is 0.337 e. The Hall–Kier alpha value is -4.17. The highest BCUT2D eigenvalue weighted by Gasteiger charge is 2.32. The lowest BCUT2D eigenvalue weighted by Crippen LogP contribution is -2.45. The van der Waals surface area contributed by atoms with E-state index < -0.39 is 29.2 Å². The van der Waals surface area contributed by atoms with Crippen LogP contribution in [0.15, 0.2) is 71.0 Å². The zero-order valence-corrected chi connectivity index (χ0v) is 29.7. The SMILES string of the molecule is CCOc1cc([C@@H]2NC(=O)NC(C)=C2C(=O)OC)ccc1OC[C@@H](O)N/N=C\c1cc(I)c(OCc2cccc([N+](=O)[O-])c2)c(I)c1. The van der Waals surface area contributed by atoms with E-state index in [1.165, 1.54) is 19.2 Å². The highest BCUT2D eigenvalue weighted by Crippen LogP contribution is 2.35. The third kappa shape index (κ3) is 9.44. The largest absolute Gasteiger partial charge is 0.490 e. The monoisotopic (exact) mass is 871 g/mol. The van der Waals surface area contributed by atoms with Crippen LogP contribution in [0.2, 0.25) is 0 Å². The van der Waals surface area contributed by atoms with Gasteiger partial charge in [-0.15, -0.1) is 0 Å². The van der Waals surface area contributed by atoms with Crippen LogP contribution in [-0.2, 0) is 16.1 Å². The first kappa shape index (κ1) is 35.7. The van der Waals surface area contributed by atoms with E-state index in [1.54, 1.807) is 50.4 Å². The molecule has 0 aromatic heterocycles. The zero-order chi connectivity index (χ0) is 34.1. The van der Waals surface area contributed by atoms with Crippen molar-refractivity contribution in [3.05, 3.63) is 99.8 Å². The van der Waals surface area contributed by atoms with Gasteiger partial charge in [-0.3, -0.25) is 15.5 Å². The molecule has 2 atom stereocenters. The van der Waals surface area contributed by atoms with Gasteiger partial charge in [0.2, 0.25) is 0 Å². The van der Waals surface area contributed by atoms with Crippen LogP contribution in [-0.4, -0.2) is 54.8 Å². The number of amides is 2. The van der Waals surface area contributed by atoms with Crippen molar-refractivity contribution in [2.45, 2.75) is 32.7 Å². The van der Waals surface area contributed by atoms with Gasteiger partial charge in [0.15, 0.2) is 17.7 Å². The van der Waals surface area contributed by atoms with Crippen LogP contribution in [0.1, 0.15) is 36.6 Å². The average Bonchev–Trinajstić information content (AvgIpc) is 3.03. The first-order valence-corrected chi connectivity index (χ1v) is 16.2. The number of nitrogens with zero attached hydrogens (tertiary/aromatic N) is 2. The standard InChI is InChI=1S/C31H31I2N5O9/c1-4-45-25-13-20(28-27(30(40)44-3)17(2)35-31(41)36-28)8-9-24(25)46-16-26(39)37-34-14-19-11-22(32)29(23(33)12-19)47-15-18-6-5-7-21(10-18)38(42)43/h5-14,26,28,37,39H,4,15-16H2,1-3H3,(H2,35,36,41)/b34-14-/t26-,28+/m1/s1. The van der Waals surface area contributed by atoms with Crippen molar-refractivity contribution in [1.82, 2.24) is 16.1 Å². The second-order valence-corrected chi connectivity index (χ2v) is 12.3. The van der Waals surface area contributed by atoms with Crippen molar-refractivity contribution in [2.24, 2.45) is 5.10 Å². The van der Waals surface area contributed by atoms with Gasteiger partial charge in [-0.05, 0) is 100.0 Å². The van der Waals surface area contributed by atoms with E-state index in [0.29, 0.717) is 40.7 Å². The van der Waals surface area contributed by atoms with Gasteiger partial charge >= 0.3 is 12.0 Å². The smallest absolute Gasteiger partial charge is 0.337 e. The summed E-state index contributed by atoms with van der Waals surface area (Å²) in [5, 5.41) is 30.9. The Balaban J connectivity index is 1.37. The predicted molar refractivity (Wildman–Crippen MR) is 188 cm³/mol. The first-order valence-electron chi connectivity index (χ1n) is 14.1. The summed E-state index contributed by atoms with van der Waals surface area (Å²) in [5.74, 6) is 0.751. The van der Waals surface area contributed by atoms with Gasteiger partial charge in [-0.1, -0.05) is 18.2 Å². The third-order valence-corrected chi connectivity index (χ3v) is 8.24. The lowest BCUT2D eigenvalue weighted by atomic mass is 9.95. The quantitative estimate of drug-likeness (QED) is 0.0434. The molecule has 2 amide bonds. The molecule has 16 heteroatoms. The summed E-state index contributed by atoms with van der Waals surface area (Å²) in [6.07, 6.45) is 0.372. The minimum absolute atomic E-state index is 0.00183. The van der Waals surface area contributed by atoms with Crippen LogP contribution in [0, 0.1) is 17.3 Å². The lowest BCUT2D eigenvalue weighted by Gasteiger charge is -2.28. The minimum atomic E-state index is -1.17. The van der Waals surface area contributed by atoms with E-state index in [-0.39, 0.29) is 24.5 Å². The van der Waals surface area contributed by atoms with Gasteiger partial charge in [0, 0.05) is 17.8 Å². The van der Waals surface area contributed by atoms with Crippen molar-refractivity contribution in [3.8, 4) is 17.2 Å². The number of urea groups is 1. The van der Waals surface area contributed by atoms with E-state index in [9.17, 15) is 24.8 Å². The van der Waals surface area contributed by atoms with Crippen LogP contribution in [0.25, 0.3) is 0 Å². The highest BCUT2D eigenvalue weighted by atomic mass is 127. The molecule has 0 saturated heterocycles. The number of nitrogens with one attached hydrogen (secondary N) is 3. The number of halogens is 2. The number of hydrogen-bond donors (Lipinski definition) is 4. The van der Waals surface area contributed by atoms with Gasteiger partial charge in [-0.25, -0.2) is 9.59 Å². The Labute approximate surface area is 297 Å². The van der Waals surface area contributed by atoms with Crippen molar-refractivity contribution >= 4 is 69.1 Å². The molecular formula is C31H31I2N5O9. The van der Waals surface area contributed by atoms with Crippen LogP contribution < -0.4 is 30.3 Å². The van der Waals surface area contributed by atoms with Crippen LogP contribution in [0.5, 0.6) is 17.2 Å². The summed E-state index contributed by atoms with van der Waals surface area (Å²) in [4.78, 5) is 35.2. The number of ether oxygens (including phenoxy) is 4. The van der Waals surface area contributed by atoms with Crippen molar-refractivity contribution in [2.75, 3.05) is 20.3 Å². The van der Waals surface area contributed by atoms with E-state index in [4.69, 9.17) is 18.9 Å². The molecule has 1 heterocycles. The summed E-state index contributed by atoms with van der Waals surface area (Å²) >= 11 is 4.28. The summed E-state index contributed by atoms with van der Waals surface area (Å²) in [5.41, 5.74) is 5.26. The number of esters is 1. The molecule has 0 saturated carbocycles. The molecule has 14 nitrogen and oxygen atoms in total. The number of allylic oxidation sites excluding steroid dienone is 1. The number of methoxy groups -OCH3 is 1. The fraction of sp³-hybridized carbons (Fsp3) is 0.258. The molecule has 0 fully saturated rings. The molecule has 0 radical (unpaired) electrons. The number of hydrazone groups is 1. The number of aliphatic hydroxyl groups is 1. The molecule has 0 aliphatic carbocycles. The molecule has 0 spiro atoms. The molecule has 47 heavy (non-hydrogen) atoms.